The summed E-state index contributed by atoms with van der Waals surface area (Å²) in [5, 5.41) is 0.131. The van der Waals surface area contributed by atoms with Crippen molar-refractivity contribution in [1.82, 2.24) is 4.98 Å². The maximum Gasteiger partial charge on any atom is 0.496 e. The fourth-order valence-electron chi connectivity index (χ4n) is 2.84. The van der Waals surface area contributed by atoms with Crippen molar-refractivity contribution in [3.63, 3.8) is 0 Å². The van der Waals surface area contributed by atoms with Crippen LogP contribution in [0.1, 0.15) is 33.3 Å². The zero-order valence-electron chi connectivity index (χ0n) is 17.2. The topological polar surface area (TPSA) is 86.8 Å². The van der Waals surface area contributed by atoms with Crippen LogP contribution in [-0.4, -0.2) is 38.8 Å². The molecule has 0 saturated carbocycles. The van der Waals surface area contributed by atoms with Crippen molar-refractivity contribution in [2.24, 2.45) is 0 Å². The summed E-state index contributed by atoms with van der Waals surface area (Å²) in [6.45, 7) is 9.58. The number of pyridine rings is 1. The molecule has 0 spiro atoms. The van der Waals surface area contributed by atoms with E-state index in [1.165, 1.54) is 19.4 Å². The molecule has 10 heteroatoms. The van der Waals surface area contributed by atoms with Crippen molar-refractivity contribution in [1.29, 1.82) is 0 Å². The highest BCUT2D eigenvalue weighted by atomic mass is 35.5. The van der Waals surface area contributed by atoms with Gasteiger partial charge in [-0.1, -0.05) is 17.7 Å². The lowest BCUT2D eigenvalue weighted by Gasteiger charge is -2.32. The highest BCUT2D eigenvalue weighted by molar-refractivity contribution is 7.92. The van der Waals surface area contributed by atoms with E-state index in [9.17, 15) is 8.42 Å². The minimum Gasteiger partial charge on any atom is -0.480 e. The molecule has 1 N–H and O–H groups in total. The molecule has 1 saturated heterocycles. The van der Waals surface area contributed by atoms with Gasteiger partial charge in [-0.2, -0.15) is 0 Å². The highest BCUT2D eigenvalue weighted by Gasteiger charge is 2.52. The lowest BCUT2D eigenvalue weighted by atomic mass is 9.80. The molecule has 29 heavy (non-hydrogen) atoms. The predicted molar refractivity (Wildman–Crippen MR) is 114 cm³/mol. The van der Waals surface area contributed by atoms with Gasteiger partial charge in [0.15, 0.2) is 0 Å². The Morgan fingerprint density at radius 2 is 1.76 bits per heavy atom. The molecule has 1 fully saturated rings. The second-order valence-electron chi connectivity index (χ2n) is 7.95. The Hall–Kier alpha value is -1.81. The summed E-state index contributed by atoms with van der Waals surface area (Å²) in [6.07, 6.45) is 1.54. The van der Waals surface area contributed by atoms with Crippen molar-refractivity contribution < 1.29 is 22.5 Å². The minimum absolute atomic E-state index is 0.0344. The smallest absolute Gasteiger partial charge is 0.480 e. The summed E-state index contributed by atoms with van der Waals surface area (Å²) in [4.78, 5) is 4.18. The molecule has 0 aliphatic carbocycles. The van der Waals surface area contributed by atoms with Crippen LogP contribution >= 0.6 is 11.6 Å². The van der Waals surface area contributed by atoms with Gasteiger partial charge in [0.1, 0.15) is 10.6 Å². The van der Waals surface area contributed by atoms with Crippen LogP contribution < -0.4 is 14.9 Å². The Kier molecular flexibility index (Phi) is 5.64. The molecule has 3 rings (SSSR count). The number of nitrogens with one attached hydrogen (secondary N) is 1. The van der Waals surface area contributed by atoms with Crippen molar-refractivity contribution >= 4 is 39.9 Å². The van der Waals surface area contributed by atoms with E-state index in [1.807, 2.05) is 34.6 Å². The maximum atomic E-state index is 12.9. The van der Waals surface area contributed by atoms with Gasteiger partial charge in [0.25, 0.3) is 10.0 Å². The molecule has 1 aliphatic rings. The zero-order valence-corrected chi connectivity index (χ0v) is 18.8. The van der Waals surface area contributed by atoms with Crippen LogP contribution in [0, 0.1) is 6.92 Å². The molecule has 1 aromatic carbocycles. The number of hydrogen-bond acceptors (Lipinski definition) is 6. The number of sulfonamides is 1. The normalized spacial score (nSPS) is 18.0. The fourth-order valence-corrected chi connectivity index (χ4v) is 4.48. The number of rotatable bonds is 5. The van der Waals surface area contributed by atoms with Crippen LogP contribution in [0.4, 0.5) is 5.69 Å². The Bertz CT molecular complexity index is 1030. The average Bonchev–Trinajstić information content (AvgIpc) is 2.81. The summed E-state index contributed by atoms with van der Waals surface area (Å²) >= 11 is 6.15. The first kappa shape index (κ1) is 21.9. The third-order valence-electron chi connectivity index (χ3n) is 5.21. The summed E-state index contributed by atoms with van der Waals surface area (Å²) in [7, 11) is -3.24. The number of benzene rings is 1. The molecule has 2 aromatic rings. The van der Waals surface area contributed by atoms with E-state index in [4.69, 9.17) is 25.6 Å². The Morgan fingerprint density at radius 3 is 2.31 bits per heavy atom. The van der Waals surface area contributed by atoms with E-state index in [1.54, 1.807) is 18.2 Å². The van der Waals surface area contributed by atoms with Gasteiger partial charge in [-0.3, -0.25) is 4.72 Å². The molecule has 0 amide bonds. The molecular formula is C19H24BClN2O5S. The van der Waals surface area contributed by atoms with Gasteiger partial charge in [0.05, 0.1) is 23.3 Å². The summed E-state index contributed by atoms with van der Waals surface area (Å²) in [6, 6.07) is 6.31. The number of nitrogens with zero attached hydrogens (tertiary/aromatic N) is 1. The molecular weight excluding hydrogens is 415 g/mol. The summed E-state index contributed by atoms with van der Waals surface area (Å²) in [5.74, 6) is 0.122. The first-order valence-electron chi connectivity index (χ1n) is 9.05. The number of hydrogen-bond donors (Lipinski definition) is 1. The van der Waals surface area contributed by atoms with Crippen molar-refractivity contribution in [3.8, 4) is 5.88 Å². The van der Waals surface area contributed by atoms with Crippen LogP contribution in [0.15, 0.2) is 35.4 Å². The van der Waals surface area contributed by atoms with E-state index in [0.717, 1.165) is 5.56 Å². The molecule has 1 aliphatic heterocycles. The fraction of sp³-hybridized carbons (Fsp3) is 0.421. The second-order valence-corrected chi connectivity index (χ2v) is 10.0. The number of aryl methyl sites for hydroxylation is 1. The van der Waals surface area contributed by atoms with Crippen LogP contribution in [-0.2, 0) is 19.3 Å². The van der Waals surface area contributed by atoms with Crippen molar-refractivity contribution in [2.75, 3.05) is 11.8 Å². The van der Waals surface area contributed by atoms with E-state index in [-0.39, 0.29) is 21.5 Å². The minimum atomic E-state index is -3.96. The van der Waals surface area contributed by atoms with Crippen molar-refractivity contribution in [3.05, 3.63) is 41.0 Å². The van der Waals surface area contributed by atoms with E-state index >= 15 is 0 Å². The van der Waals surface area contributed by atoms with E-state index < -0.39 is 28.3 Å². The third kappa shape index (κ3) is 4.23. The van der Waals surface area contributed by atoms with Crippen LogP contribution in [0.3, 0.4) is 0 Å². The molecule has 7 nitrogen and oxygen atoms in total. The zero-order chi connectivity index (χ0) is 21.6. The first-order valence-corrected chi connectivity index (χ1v) is 10.9. The third-order valence-corrected chi connectivity index (χ3v) is 7.06. The molecule has 0 atom stereocenters. The Labute approximate surface area is 176 Å². The molecule has 1 aromatic heterocycles. The number of aromatic nitrogens is 1. The predicted octanol–water partition coefficient (Wildman–Crippen LogP) is 3.15. The Morgan fingerprint density at radius 1 is 1.14 bits per heavy atom. The quantitative estimate of drug-likeness (QED) is 0.722. The number of ether oxygens (including phenoxy) is 1. The van der Waals surface area contributed by atoms with E-state index in [0.29, 0.717) is 5.46 Å². The lowest BCUT2D eigenvalue weighted by Crippen LogP contribution is -2.41. The van der Waals surface area contributed by atoms with Crippen LogP contribution in [0.5, 0.6) is 5.88 Å². The molecule has 0 unspecified atom stereocenters. The summed E-state index contributed by atoms with van der Waals surface area (Å²) in [5.41, 5.74) is 0.517. The molecule has 0 radical (unpaired) electrons. The number of methoxy groups -OCH3 is 1. The maximum absolute atomic E-state index is 12.9. The van der Waals surface area contributed by atoms with Gasteiger partial charge >= 0.3 is 7.12 Å². The first-order chi connectivity index (χ1) is 13.4. The lowest BCUT2D eigenvalue weighted by molar-refractivity contribution is 0.00578. The highest BCUT2D eigenvalue weighted by Crippen LogP contribution is 2.37. The standard InChI is InChI=1S/C19H24BClN2O5S/c1-12-7-8-16(14(21)9-12)29(24,25)23-15-10-13(11-22-17(15)26-6)20-27-18(2,3)19(4,5)28-20/h7-11,23H,1-6H3. The van der Waals surface area contributed by atoms with Gasteiger partial charge in [-0.25, -0.2) is 13.4 Å². The molecule has 0 bridgehead atoms. The van der Waals surface area contributed by atoms with E-state index in [2.05, 4.69) is 9.71 Å². The second kappa shape index (κ2) is 7.47. The van der Waals surface area contributed by atoms with Crippen LogP contribution in [0.2, 0.25) is 5.02 Å². The molecule has 156 valence electrons. The largest absolute Gasteiger partial charge is 0.496 e. The van der Waals surface area contributed by atoms with Crippen molar-refractivity contribution in [2.45, 2.75) is 50.7 Å². The van der Waals surface area contributed by atoms with Gasteiger partial charge in [-0.15, -0.1) is 0 Å². The molecule has 2 heterocycles. The number of halogens is 1. The van der Waals surface area contributed by atoms with Gasteiger partial charge in [0.2, 0.25) is 5.88 Å². The Balaban J connectivity index is 1.96. The summed E-state index contributed by atoms with van der Waals surface area (Å²) < 4.78 is 45.6. The van der Waals surface area contributed by atoms with Gasteiger partial charge < -0.3 is 14.0 Å². The monoisotopic (exact) mass is 438 g/mol. The SMILES string of the molecule is COc1ncc(B2OC(C)(C)C(C)(C)O2)cc1NS(=O)(=O)c1ccc(C)cc1Cl. The van der Waals surface area contributed by atoms with Gasteiger partial charge in [0, 0.05) is 11.7 Å². The average molecular weight is 439 g/mol. The van der Waals surface area contributed by atoms with Gasteiger partial charge in [-0.05, 0) is 58.4 Å². The number of anilines is 1. The van der Waals surface area contributed by atoms with Crippen LogP contribution in [0.25, 0.3) is 0 Å².